The Labute approximate surface area is 681 Å². The Morgan fingerprint density at radius 1 is 0.241 bits per heavy atom. The Hall–Kier alpha value is -7.43. The molecule has 0 aromatic heterocycles. The van der Waals surface area contributed by atoms with Crippen LogP contribution >= 0.6 is 0 Å². The third-order valence-corrected chi connectivity index (χ3v) is 17.8. The lowest BCUT2D eigenvalue weighted by Crippen LogP contribution is -2.36. The standard InChI is InChI=1S/C79H131N7O30/c1-79(61-111-42-30-67(90)80-36-14-8-2-5-11-19-64(87)21-17-40-102-49-55-108-57-51-104-45-33-76(99)114-84-70(93)24-25-71(84)94,62-112-43-31-68(91)81-37-15-9-3-6-12-20-65(88)22-18-41-103-50-56-109-58-52-105-46-34-77(100)115-85-72(95)26-27-73(85)96)63-113-44-32-69(92)82-38-16-10-4-7-13-23-66(89)83-39-48-107-54-60-110-59-53-106-47-35-78(101)116-86-74(97)28-29-75(86)98/h2-63H2,1H3,(H,80,90)(H,81,91)(H,82,92)(H,83,89). The van der Waals surface area contributed by atoms with E-state index in [4.69, 9.17) is 71.4 Å². The van der Waals surface area contributed by atoms with Gasteiger partial charge in [-0.15, -0.1) is 15.2 Å². The number of Topliss-reactive ketones (excluding diaryl/α,β-unsaturated/α-hetero) is 2. The highest BCUT2D eigenvalue weighted by molar-refractivity contribution is 6.03. The van der Waals surface area contributed by atoms with Crippen LogP contribution < -0.4 is 21.3 Å². The summed E-state index contributed by atoms with van der Waals surface area (Å²) in [6, 6.07) is 0. The first-order chi connectivity index (χ1) is 56.2. The van der Waals surface area contributed by atoms with Crippen LogP contribution in [0.4, 0.5) is 0 Å². The van der Waals surface area contributed by atoms with Gasteiger partial charge in [-0.3, -0.25) is 57.5 Å². The van der Waals surface area contributed by atoms with Gasteiger partial charge in [-0.05, 0) is 51.4 Å². The van der Waals surface area contributed by atoms with Crippen LogP contribution in [0.1, 0.15) is 225 Å². The van der Waals surface area contributed by atoms with E-state index in [0.29, 0.717) is 146 Å². The molecule has 3 rings (SSSR count). The molecule has 0 saturated carbocycles. The van der Waals surface area contributed by atoms with Crippen molar-refractivity contribution in [2.45, 2.75) is 225 Å². The number of ketones is 2. The van der Waals surface area contributed by atoms with Crippen molar-refractivity contribution in [2.24, 2.45) is 5.41 Å². The molecule has 3 fully saturated rings. The molecule has 10 amide bonds. The smallest absolute Gasteiger partial charge is 0.335 e. The summed E-state index contributed by atoms with van der Waals surface area (Å²) in [5.41, 5.74) is -0.670. The first-order valence-corrected chi connectivity index (χ1v) is 41.5. The topological polar surface area (TPSA) is 452 Å². The monoisotopic (exact) mass is 1660 g/mol. The molecule has 0 aromatic carbocycles. The normalized spacial score (nSPS) is 13.6. The fourth-order valence-electron chi connectivity index (χ4n) is 11.3. The van der Waals surface area contributed by atoms with Gasteiger partial charge in [0.15, 0.2) is 0 Å². The van der Waals surface area contributed by atoms with Crippen molar-refractivity contribution in [3.63, 3.8) is 0 Å². The van der Waals surface area contributed by atoms with Gasteiger partial charge >= 0.3 is 17.9 Å². The minimum atomic E-state index is -0.737. The Bertz CT molecular complexity index is 2530. The van der Waals surface area contributed by atoms with Crippen molar-refractivity contribution in [3.05, 3.63) is 0 Å². The van der Waals surface area contributed by atoms with Crippen molar-refractivity contribution in [2.75, 3.05) is 185 Å². The average Bonchev–Trinajstić information content (AvgIpc) is 1.68. The number of carbonyl (C=O) groups is 15. The van der Waals surface area contributed by atoms with Gasteiger partial charge in [-0.2, -0.15) is 0 Å². The number of carbonyl (C=O) groups excluding carboxylic acids is 15. The van der Waals surface area contributed by atoms with Crippen molar-refractivity contribution in [1.29, 1.82) is 0 Å². The van der Waals surface area contributed by atoms with Crippen molar-refractivity contribution in [1.82, 2.24) is 36.5 Å². The Kier molecular flexibility index (Phi) is 60.7. The molecule has 37 nitrogen and oxygen atoms in total. The van der Waals surface area contributed by atoms with Gasteiger partial charge in [0.2, 0.25) is 23.6 Å². The second-order valence-corrected chi connectivity index (χ2v) is 28.4. The molecule has 0 spiro atoms. The van der Waals surface area contributed by atoms with E-state index in [1.54, 1.807) is 0 Å². The fourth-order valence-corrected chi connectivity index (χ4v) is 11.3. The Morgan fingerprint density at radius 2 is 0.466 bits per heavy atom. The van der Waals surface area contributed by atoms with E-state index in [2.05, 4.69) is 21.3 Å². The molecule has 0 unspecified atom stereocenters. The van der Waals surface area contributed by atoms with Crippen LogP contribution in [0.15, 0.2) is 0 Å². The lowest BCUT2D eigenvalue weighted by atomic mass is 9.94. The lowest BCUT2D eigenvalue weighted by molar-refractivity contribution is -0.198. The van der Waals surface area contributed by atoms with E-state index in [0.717, 1.165) is 96.3 Å². The molecule has 662 valence electrons. The number of ether oxygens (including phenoxy) is 12. The molecule has 0 radical (unpaired) electrons. The van der Waals surface area contributed by atoms with Crippen LogP contribution in [0, 0.1) is 5.41 Å². The molecular formula is C79H131N7O30. The minimum absolute atomic E-state index is 0.0242. The van der Waals surface area contributed by atoms with E-state index in [-0.39, 0.29) is 211 Å². The minimum Gasteiger partial charge on any atom is -0.380 e. The first kappa shape index (κ1) is 103. The number of rotatable bonds is 80. The summed E-state index contributed by atoms with van der Waals surface area (Å²) in [5, 5.41) is 13.2. The van der Waals surface area contributed by atoms with Crippen LogP contribution in [-0.4, -0.2) is 288 Å². The molecule has 0 aromatic rings. The largest absolute Gasteiger partial charge is 0.380 e. The van der Waals surface area contributed by atoms with Crippen LogP contribution in [0.5, 0.6) is 0 Å². The molecule has 3 aliphatic heterocycles. The number of imide groups is 3. The number of unbranched alkanes of at least 4 members (excludes halogenated alkanes) is 12. The van der Waals surface area contributed by atoms with Crippen LogP contribution in [-0.2, 0) is 143 Å². The molecule has 0 atom stereocenters. The molecule has 0 bridgehead atoms. The zero-order chi connectivity index (χ0) is 84.2. The number of hydroxylamine groups is 6. The summed E-state index contributed by atoms with van der Waals surface area (Å²) in [4.78, 5) is 194. The molecule has 0 aliphatic carbocycles. The number of nitrogens with one attached hydrogen (secondary N) is 4. The summed E-state index contributed by atoms with van der Waals surface area (Å²) in [7, 11) is 0. The maximum atomic E-state index is 12.7. The molecule has 4 N–H and O–H groups in total. The highest BCUT2D eigenvalue weighted by atomic mass is 16.7. The highest BCUT2D eigenvalue weighted by Gasteiger charge is 2.35. The van der Waals surface area contributed by atoms with Gasteiger partial charge in [-0.25, -0.2) is 14.4 Å². The number of hydrogen-bond donors (Lipinski definition) is 4. The first-order valence-electron chi connectivity index (χ1n) is 41.5. The number of hydrogen-bond acceptors (Lipinski definition) is 30. The summed E-state index contributed by atoms with van der Waals surface area (Å²) in [6.07, 6.45) is 16.7. The molecule has 3 saturated heterocycles. The van der Waals surface area contributed by atoms with Crippen molar-refractivity contribution in [3.8, 4) is 0 Å². The SMILES string of the molecule is CC(COCCC(=O)NCCCCCCCC(=O)CCCOCCOCCOCCC(=O)ON1C(=O)CCC1=O)(COCCC(=O)NCCCCCCCC(=O)CCCOCCOCCOCCC(=O)ON1C(=O)CCC1=O)COCCC(=O)NCCCCCCCC(=O)NCCOCCOCCOCCC(=O)ON1C(=O)CCC1=O. The third kappa shape index (κ3) is 56.0. The van der Waals surface area contributed by atoms with E-state index in [1.807, 2.05) is 6.92 Å². The molecule has 3 heterocycles. The van der Waals surface area contributed by atoms with Gasteiger partial charge in [0, 0.05) is 135 Å². The van der Waals surface area contributed by atoms with Crippen LogP contribution in [0.2, 0.25) is 0 Å². The molecule has 3 aliphatic rings. The quantitative estimate of drug-likeness (QED) is 0.0479. The van der Waals surface area contributed by atoms with E-state index < -0.39 is 58.8 Å². The zero-order valence-corrected chi connectivity index (χ0v) is 68.4. The Balaban J connectivity index is 1.19. The van der Waals surface area contributed by atoms with Crippen molar-refractivity contribution >= 4 is 88.5 Å². The highest BCUT2D eigenvalue weighted by Crippen LogP contribution is 2.21. The maximum absolute atomic E-state index is 12.7. The maximum Gasteiger partial charge on any atom is 0.335 e. The van der Waals surface area contributed by atoms with Gasteiger partial charge in [0.25, 0.3) is 35.4 Å². The summed E-state index contributed by atoms with van der Waals surface area (Å²) in [6.45, 7) is 9.84. The molecule has 37 heteroatoms. The van der Waals surface area contributed by atoms with E-state index >= 15 is 0 Å². The zero-order valence-electron chi connectivity index (χ0n) is 68.4. The van der Waals surface area contributed by atoms with Crippen molar-refractivity contribution < 1.29 is 143 Å². The average molecular weight is 1660 g/mol. The van der Waals surface area contributed by atoms with E-state index in [9.17, 15) is 71.9 Å². The Morgan fingerprint density at radius 3 is 0.776 bits per heavy atom. The van der Waals surface area contributed by atoms with Gasteiger partial charge in [0.1, 0.15) is 11.6 Å². The summed E-state index contributed by atoms with van der Waals surface area (Å²) < 4.78 is 66.9. The second kappa shape index (κ2) is 68.5. The third-order valence-electron chi connectivity index (χ3n) is 17.8. The number of amides is 10. The summed E-state index contributed by atoms with van der Waals surface area (Å²) in [5.74, 6) is -5.53. The van der Waals surface area contributed by atoms with Gasteiger partial charge in [0.05, 0.1) is 165 Å². The molecular weight excluding hydrogens is 1530 g/mol. The van der Waals surface area contributed by atoms with Crippen LogP contribution in [0.3, 0.4) is 0 Å². The van der Waals surface area contributed by atoms with Crippen LogP contribution in [0.25, 0.3) is 0 Å². The fraction of sp³-hybridized carbons (Fsp3) is 0.810. The second-order valence-electron chi connectivity index (χ2n) is 28.4. The lowest BCUT2D eigenvalue weighted by Gasteiger charge is -2.29. The number of nitrogens with zero attached hydrogens (tertiary/aromatic N) is 3. The predicted molar refractivity (Wildman–Crippen MR) is 411 cm³/mol. The predicted octanol–water partition coefficient (Wildman–Crippen LogP) is 4.54. The van der Waals surface area contributed by atoms with Gasteiger partial charge in [-0.1, -0.05) is 64.7 Å². The van der Waals surface area contributed by atoms with Gasteiger partial charge < -0.3 is 92.6 Å². The van der Waals surface area contributed by atoms with E-state index in [1.165, 1.54) is 0 Å². The molecule has 116 heavy (non-hydrogen) atoms. The summed E-state index contributed by atoms with van der Waals surface area (Å²) >= 11 is 0.